The summed E-state index contributed by atoms with van der Waals surface area (Å²) in [5.74, 6) is -0.596. The van der Waals surface area contributed by atoms with Crippen LogP contribution in [0.4, 0.5) is 5.69 Å². The van der Waals surface area contributed by atoms with Crippen molar-refractivity contribution in [3.05, 3.63) is 57.6 Å². The standard InChI is InChI=1S/C19H19Cl2NO4/c1-11-8-16(17(25-3)10-15(11)21)22-19(24)12(2)26-18(23)9-13-6-4-5-7-14(13)20/h4-8,10,12H,9H2,1-3H3,(H,22,24)/t12-/m1/s1. The fourth-order valence-corrected chi connectivity index (χ4v) is 2.61. The van der Waals surface area contributed by atoms with E-state index in [2.05, 4.69) is 5.32 Å². The Morgan fingerprint density at radius 3 is 2.50 bits per heavy atom. The van der Waals surface area contributed by atoms with E-state index in [1.165, 1.54) is 14.0 Å². The fourth-order valence-electron chi connectivity index (χ4n) is 2.25. The fraction of sp³-hybridized carbons (Fsp3) is 0.263. The molecule has 0 heterocycles. The number of carbonyl (C=O) groups is 2. The molecule has 0 bridgehead atoms. The maximum Gasteiger partial charge on any atom is 0.311 e. The van der Waals surface area contributed by atoms with Crippen LogP contribution in [-0.2, 0) is 20.7 Å². The Morgan fingerprint density at radius 1 is 1.15 bits per heavy atom. The zero-order valence-electron chi connectivity index (χ0n) is 14.6. The van der Waals surface area contributed by atoms with Crippen LogP contribution in [0.5, 0.6) is 5.75 Å². The Hall–Kier alpha value is -2.24. The lowest BCUT2D eigenvalue weighted by Crippen LogP contribution is -2.30. The average Bonchev–Trinajstić information content (AvgIpc) is 2.59. The van der Waals surface area contributed by atoms with Crippen molar-refractivity contribution in [1.82, 2.24) is 0 Å². The molecule has 5 nitrogen and oxygen atoms in total. The summed E-state index contributed by atoms with van der Waals surface area (Å²) in [7, 11) is 1.48. The van der Waals surface area contributed by atoms with Crippen molar-refractivity contribution in [2.24, 2.45) is 0 Å². The number of nitrogens with one attached hydrogen (secondary N) is 1. The minimum Gasteiger partial charge on any atom is -0.495 e. The van der Waals surface area contributed by atoms with E-state index in [-0.39, 0.29) is 6.42 Å². The van der Waals surface area contributed by atoms with E-state index >= 15 is 0 Å². The van der Waals surface area contributed by atoms with Gasteiger partial charge < -0.3 is 14.8 Å². The van der Waals surface area contributed by atoms with Crippen molar-refractivity contribution in [1.29, 1.82) is 0 Å². The first-order valence-electron chi connectivity index (χ1n) is 7.89. The molecule has 2 rings (SSSR count). The van der Waals surface area contributed by atoms with Gasteiger partial charge in [0, 0.05) is 16.1 Å². The largest absolute Gasteiger partial charge is 0.495 e. The van der Waals surface area contributed by atoms with Gasteiger partial charge in [0.15, 0.2) is 6.10 Å². The quantitative estimate of drug-likeness (QED) is 0.734. The highest BCUT2D eigenvalue weighted by molar-refractivity contribution is 6.32. The lowest BCUT2D eigenvalue weighted by atomic mass is 10.1. The van der Waals surface area contributed by atoms with Crippen LogP contribution in [0.15, 0.2) is 36.4 Å². The lowest BCUT2D eigenvalue weighted by Gasteiger charge is -2.16. The number of ether oxygens (including phenoxy) is 2. The minimum absolute atomic E-state index is 0.0132. The number of rotatable bonds is 6. The van der Waals surface area contributed by atoms with Gasteiger partial charge in [0.1, 0.15) is 5.75 Å². The predicted octanol–water partition coefficient (Wildman–Crippen LogP) is 4.42. The molecule has 7 heteroatoms. The molecular weight excluding hydrogens is 377 g/mol. The van der Waals surface area contributed by atoms with Crippen LogP contribution in [0, 0.1) is 6.92 Å². The molecule has 0 saturated carbocycles. The van der Waals surface area contributed by atoms with Gasteiger partial charge in [0.05, 0.1) is 19.2 Å². The maximum atomic E-state index is 12.3. The van der Waals surface area contributed by atoms with Crippen molar-refractivity contribution in [3.63, 3.8) is 0 Å². The van der Waals surface area contributed by atoms with Gasteiger partial charge in [-0.15, -0.1) is 0 Å². The van der Waals surface area contributed by atoms with Gasteiger partial charge in [-0.3, -0.25) is 9.59 Å². The average molecular weight is 396 g/mol. The second kappa shape index (κ2) is 8.92. The highest BCUT2D eigenvalue weighted by Crippen LogP contribution is 2.31. The van der Waals surface area contributed by atoms with Crippen LogP contribution < -0.4 is 10.1 Å². The molecule has 0 aromatic heterocycles. The number of aryl methyl sites for hydroxylation is 1. The first-order chi connectivity index (χ1) is 12.3. The van der Waals surface area contributed by atoms with Gasteiger partial charge in [-0.1, -0.05) is 41.4 Å². The third-order valence-corrected chi connectivity index (χ3v) is 4.48. The van der Waals surface area contributed by atoms with Crippen LogP contribution in [0.25, 0.3) is 0 Å². The van der Waals surface area contributed by atoms with E-state index in [1.54, 1.807) is 36.4 Å². The van der Waals surface area contributed by atoms with Crippen molar-refractivity contribution >= 4 is 40.8 Å². The van der Waals surface area contributed by atoms with Crippen LogP contribution >= 0.6 is 23.2 Å². The number of hydrogen-bond donors (Lipinski definition) is 1. The molecule has 138 valence electrons. The highest BCUT2D eigenvalue weighted by Gasteiger charge is 2.20. The summed E-state index contributed by atoms with van der Waals surface area (Å²) < 4.78 is 10.4. The molecule has 2 aromatic carbocycles. The summed E-state index contributed by atoms with van der Waals surface area (Å²) in [6.07, 6.45) is -0.994. The lowest BCUT2D eigenvalue weighted by molar-refractivity contribution is -0.152. The second-order valence-corrected chi connectivity index (χ2v) is 6.51. The number of esters is 1. The van der Waals surface area contributed by atoms with Crippen LogP contribution in [0.2, 0.25) is 10.0 Å². The Labute approximate surface area is 162 Å². The number of amides is 1. The molecule has 0 spiro atoms. The summed E-state index contributed by atoms with van der Waals surface area (Å²) >= 11 is 12.1. The Kier molecular flexibility index (Phi) is 6.89. The minimum atomic E-state index is -0.981. The number of benzene rings is 2. The molecule has 0 radical (unpaired) electrons. The van der Waals surface area contributed by atoms with E-state index in [9.17, 15) is 9.59 Å². The normalized spacial score (nSPS) is 11.6. The molecule has 2 aromatic rings. The highest BCUT2D eigenvalue weighted by atomic mass is 35.5. The molecule has 0 fully saturated rings. The van der Waals surface area contributed by atoms with Gasteiger partial charge in [0.25, 0.3) is 5.91 Å². The van der Waals surface area contributed by atoms with E-state index < -0.39 is 18.0 Å². The van der Waals surface area contributed by atoms with Crippen molar-refractivity contribution in [2.75, 3.05) is 12.4 Å². The zero-order chi connectivity index (χ0) is 19.3. The van der Waals surface area contributed by atoms with Gasteiger partial charge in [0.2, 0.25) is 0 Å². The van der Waals surface area contributed by atoms with E-state index in [0.29, 0.717) is 27.0 Å². The Bertz CT molecular complexity index is 823. The topological polar surface area (TPSA) is 64.6 Å². The SMILES string of the molecule is COc1cc(Cl)c(C)cc1NC(=O)[C@@H](C)OC(=O)Cc1ccccc1Cl. The number of carbonyl (C=O) groups excluding carboxylic acids is 2. The molecule has 1 amide bonds. The smallest absolute Gasteiger partial charge is 0.311 e. The maximum absolute atomic E-state index is 12.3. The van der Waals surface area contributed by atoms with Crippen molar-refractivity contribution in [2.45, 2.75) is 26.4 Å². The molecule has 0 saturated heterocycles. The number of anilines is 1. The molecule has 26 heavy (non-hydrogen) atoms. The molecule has 0 aliphatic heterocycles. The van der Waals surface area contributed by atoms with E-state index in [1.807, 2.05) is 6.92 Å². The van der Waals surface area contributed by atoms with E-state index in [0.717, 1.165) is 5.56 Å². The first kappa shape index (κ1) is 20.1. The predicted molar refractivity (Wildman–Crippen MR) is 102 cm³/mol. The van der Waals surface area contributed by atoms with Crippen LogP contribution in [0.3, 0.4) is 0 Å². The molecule has 1 N–H and O–H groups in total. The van der Waals surface area contributed by atoms with Crippen LogP contribution in [0.1, 0.15) is 18.1 Å². The van der Waals surface area contributed by atoms with Gasteiger partial charge in [-0.05, 0) is 37.1 Å². The first-order valence-corrected chi connectivity index (χ1v) is 8.65. The molecule has 0 aliphatic rings. The molecule has 1 atom stereocenters. The third kappa shape index (κ3) is 5.13. The number of hydrogen-bond acceptors (Lipinski definition) is 4. The Morgan fingerprint density at radius 2 is 1.85 bits per heavy atom. The van der Waals surface area contributed by atoms with Gasteiger partial charge in [-0.25, -0.2) is 0 Å². The van der Waals surface area contributed by atoms with Crippen molar-refractivity contribution < 1.29 is 19.1 Å². The monoisotopic (exact) mass is 395 g/mol. The molecule has 0 unspecified atom stereocenters. The molecular formula is C19H19Cl2NO4. The number of halogens is 2. The summed E-state index contributed by atoms with van der Waals surface area (Å²) in [6, 6.07) is 10.3. The number of methoxy groups -OCH3 is 1. The third-order valence-electron chi connectivity index (χ3n) is 3.71. The second-order valence-electron chi connectivity index (χ2n) is 5.69. The summed E-state index contributed by atoms with van der Waals surface area (Å²) in [5, 5.41) is 3.69. The van der Waals surface area contributed by atoms with E-state index in [4.69, 9.17) is 32.7 Å². The molecule has 0 aliphatic carbocycles. The zero-order valence-corrected chi connectivity index (χ0v) is 16.1. The van der Waals surface area contributed by atoms with Crippen LogP contribution in [-0.4, -0.2) is 25.1 Å². The summed E-state index contributed by atoms with van der Waals surface area (Å²) in [4.78, 5) is 24.4. The Balaban J connectivity index is 2.00. The van der Waals surface area contributed by atoms with Gasteiger partial charge >= 0.3 is 5.97 Å². The summed E-state index contributed by atoms with van der Waals surface area (Å²) in [6.45, 7) is 3.31. The van der Waals surface area contributed by atoms with Gasteiger partial charge in [-0.2, -0.15) is 0 Å². The summed E-state index contributed by atoms with van der Waals surface area (Å²) in [5.41, 5.74) is 1.88. The van der Waals surface area contributed by atoms with Crippen molar-refractivity contribution in [3.8, 4) is 5.75 Å².